The van der Waals surface area contributed by atoms with Gasteiger partial charge in [0.1, 0.15) is 0 Å². The molecule has 2 heterocycles. The summed E-state index contributed by atoms with van der Waals surface area (Å²) in [5.41, 5.74) is 1.82. The number of anilines is 1. The highest BCUT2D eigenvalue weighted by molar-refractivity contribution is 5.86. The van der Waals surface area contributed by atoms with Crippen molar-refractivity contribution in [3.05, 3.63) is 23.9 Å². The number of carbonyl (C=O) groups excluding carboxylic acids is 1. The molecule has 0 aliphatic heterocycles. The zero-order valence-corrected chi connectivity index (χ0v) is 7.98. The van der Waals surface area contributed by atoms with Crippen LogP contribution in [0.3, 0.4) is 0 Å². The third kappa shape index (κ3) is 1.56. The summed E-state index contributed by atoms with van der Waals surface area (Å²) >= 11 is 0. The number of nitrogens with one attached hydrogen (secondary N) is 1. The third-order valence-corrected chi connectivity index (χ3v) is 1.77. The molecule has 2 rings (SSSR count). The molecule has 2 aromatic rings. The van der Waals surface area contributed by atoms with Crippen LogP contribution in [0.4, 0.5) is 5.95 Å². The molecule has 14 heavy (non-hydrogen) atoms. The van der Waals surface area contributed by atoms with E-state index in [4.69, 9.17) is 0 Å². The number of fused-ring (bicyclic) bond motifs is 1. The lowest BCUT2D eigenvalue weighted by molar-refractivity contribution is -0.114. The van der Waals surface area contributed by atoms with Gasteiger partial charge in [-0.15, -0.1) is 5.10 Å². The van der Waals surface area contributed by atoms with E-state index in [0.717, 1.165) is 11.2 Å². The predicted octanol–water partition coefficient (Wildman–Crippen LogP) is 0.996. The van der Waals surface area contributed by atoms with Gasteiger partial charge in [-0.05, 0) is 18.6 Å². The highest BCUT2D eigenvalue weighted by Gasteiger charge is 2.03. The van der Waals surface area contributed by atoms with E-state index >= 15 is 0 Å². The Morgan fingerprint density at radius 2 is 2.29 bits per heavy atom. The molecule has 0 aliphatic rings. The Morgan fingerprint density at radius 3 is 3.00 bits per heavy atom. The fourth-order valence-corrected chi connectivity index (χ4v) is 1.20. The van der Waals surface area contributed by atoms with Crippen molar-refractivity contribution in [3.63, 3.8) is 0 Å². The van der Waals surface area contributed by atoms with Crippen LogP contribution < -0.4 is 5.32 Å². The standard InChI is InChI=1S/C9H10N4O/c1-6-3-4-8-11-9(10-7(2)14)12-13(8)5-6/h3-5H,1-2H3,(H,10,12,14). The number of hydrogen-bond donors (Lipinski definition) is 1. The molecule has 72 valence electrons. The van der Waals surface area contributed by atoms with Gasteiger partial charge in [-0.1, -0.05) is 6.07 Å². The molecule has 0 fully saturated rings. The third-order valence-electron chi connectivity index (χ3n) is 1.77. The largest absolute Gasteiger partial charge is 0.293 e. The van der Waals surface area contributed by atoms with Gasteiger partial charge >= 0.3 is 0 Å². The number of aryl methyl sites for hydroxylation is 1. The molecule has 2 aromatic heterocycles. The van der Waals surface area contributed by atoms with Crippen molar-refractivity contribution in [2.45, 2.75) is 13.8 Å². The summed E-state index contributed by atoms with van der Waals surface area (Å²) in [7, 11) is 0. The van der Waals surface area contributed by atoms with Gasteiger partial charge in [0.05, 0.1) is 0 Å². The van der Waals surface area contributed by atoms with Crippen molar-refractivity contribution < 1.29 is 4.79 Å². The quantitative estimate of drug-likeness (QED) is 0.729. The van der Waals surface area contributed by atoms with Crippen LogP contribution in [-0.2, 0) is 4.79 Å². The Kier molecular flexibility index (Phi) is 1.92. The van der Waals surface area contributed by atoms with Crippen LogP contribution in [0.1, 0.15) is 12.5 Å². The lowest BCUT2D eigenvalue weighted by Gasteiger charge is -1.91. The molecule has 0 unspecified atom stereocenters. The minimum Gasteiger partial charge on any atom is -0.293 e. The summed E-state index contributed by atoms with van der Waals surface area (Å²) in [6.45, 7) is 3.40. The molecule has 0 saturated carbocycles. The normalized spacial score (nSPS) is 10.4. The Bertz CT molecular complexity index is 489. The van der Waals surface area contributed by atoms with E-state index in [1.807, 2.05) is 25.3 Å². The summed E-state index contributed by atoms with van der Waals surface area (Å²) in [4.78, 5) is 14.9. The second-order valence-electron chi connectivity index (χ2n) is 3.13. The molecule has 0 aromatic carbocycles. The van der Waals surface area contributed by atoms with Crippen molar-refractivity contribution in [3.8, 4) is 0 Å². The Morgan fingerprint density at radius 1 is 1.50 bits per heavy atom. The van der Waals surface area contributed by atoms with Gasteiger partial charge in [0.15, 0.2) is 5.65 Å². The predicted molar refractivity (Wildman–Crippen MR) is 52.0 cm³/mol. The van der Waals surface area contributed by atoms with E-state index in [9.17, 15) is 4.79 Å². The molecule has 0 bridgehead atoms. The first-order valence-electron chi connectivity index (χ1n) is 4.26. The molecule has 0 aliphatic carbocycles. The summed E-state index contributed by atoms with van der Waals surface area (Å²) in [6.07, 6.45) is 1.85. The zero-order valence-electron chi connectivity index (χ0n) is 7.98. The molecule has 0 spiro atoms. The highest BCUT2D eigenvalue weighted by Crippen LogP contribution is 2.06. The van der Waals surface area contributed by atoms with Crippen LogP contribution in [0.5, 0.6) is 0 Å². The lowest BCUT2D eigenvalue weighted by Crippen LogP contribution is -2.07. The highest BCUT2D eigenvalue weighted by atomic mass is 16.1. The molecular weight excluding hydrogens is 180 g/mol. The summed E-state index contributed by atoms with van der Waals surface area (Å²) in [5.74, 6) is 0.167. The molecule has 0 saturated heterocycles. The molecule has 5 heteroatoms. The molecule has 1 N–H and O–H groups in total. The first-order chi connectivity index (χ1) is 6.65. The average Bonchev–Trinajstić information content (AvgIpc) is 2.44. The molecule has 0 radical (unpaired) electrons. The van der Waals surface area contributed by atoms with Gasteiger partial charge in [0, 0.05) is 13.1 Å². The fraction of sp³-hybridized carbons (Fsp3) is 0.222. The van der Waals surface area contributed by atoms with E-state index in [0.29, 0.717) is 5.95 Å². The van der Waals surface area contributed by atoms with E-state index in [-0.39, 0.29) is 5.91 Å². The number of amides is 1. The van der Waals surface area contributed by atoms with Gasteiger partial charge in [-0.2, -0.15) is 4.98 Å². The molecule has 5 nitrogen and oxygen atoms in total. The number of hydrogen-bond acceptors (Lipinski definition) is 3. The maximum absolute atomic E-state index is 10.8. The molecule has 0 atom stereocenters. The zero-order chi connectivity index (χ0) is 10.1. The Hall–Kier alpha value is -1.91. The monoisotopic (exact) mass is 190 g/mol. The fourth-order valence-electron chi connectivity index (χ4n) is 1.20. The summed E-state index contributed by atoms with van der Waals surface area (Å²) in [6, 6.07) is 3.80. The van der Waals surface area contributed by atoms with Crippen LogP contribution in [-0.4, -0.2) is 20.5 Å². The van der Waals surface area contributed by atoms with E-state index in [1.54, 1.807) is 4.52 Å². The van der Waals surface area contributed by atoms with Crippen molar-refractivity contribution in [2.75, 3.05) is 5.32 Å². The van der Waals surface area contributed by atoms with E-state index < -0.39 is 0 Å². The SMILES string of the molecule is CC(=O)Nc1nc2ccc(C)cn2n1. The van der Waals surface area contributed by atoms with E-state index in [2.05, 4.69) is 15.4 Å². The number of pyridine rings is 1. The van der Waals surface area contributed by atoms with Crippen LogP contribution in [0.15, 0.2) is 18.3 Å². The van der Waals surface area contributed by atoms with Crippen LogP contribution >= 0.6 is 0 Å². The first kappa shape index (κ1) is 8.68. The van der Waals surface area contributed by atoms with Crippen molar-refractivity contribution in [1.82, 2.24) is 14.6 Å². The number of nitrogens with zero attached hydrogens (tertiary/aromatic N) is 3. The lowest BCUT2D eigenvalue weighted by atomic mass is 10.3. The van der Waals surface area contributed by atoms with Gasteiger partial charge in [-0.3, -0.25) is 10.1 Å². The van der Waals surface area contributed by atoms with Crippen LogP contribution in [0.2, 0.25) is 0 Å². The topological polar surface area (TPSA) is 59.3 Å². The van der Waals surface area contributed by atoms with E-state index in [1.165, 1.54) is 6.92 Å². The number of carbonyl (C=O) groups is 1. The average molecular weight is 190 g/mol. The second-order valence-corrected chi connectivity index (χ2v) is 3.13. The van der Waals surface area contributed by atoms with Gasteiger partial charge < -0.3 is 0 Å². The van der Waals surface area contributed by atoms with Gasteiger partial charge in [-0.25, -0.2) is 4.52 Å². The smallest absolute Gasteiger partial charge is 0.249 e. The first-order valence-corrected chi connectivity index (χ1v) is 4.26. The maximum atomic E-state index is 10.8. The summed E-state index contributed by atoms with van der Waals surface area (Å²) < 4.78 is 1.64. The summed E-state index contributed by atoms with van der Waals surface area (Å²) in [5, 5.41) is 6.62. The van der Waals surface area contributed by atoms with Crippen molar-refractivity contribution >= 4 is 17.5 Å². The van der Waals surface area contributed by atoms with Crippen LogP contribution in [0.25, 0.3) is 5.65 Å². The molecular formula is C9H10N4O. The van der Waals surface area contributed by atoms with Crippen molar-refractivity contribution in [1.29, 1.82) is 0 Å². The Balaban J connectivity index is 2.46. The minimum absolute atomic E-state index is 0.169. The minimum atomic E-state index is -0.169. The maximum Gasteiger partial charge on any atom is 0.249 e. The number of aromatic nitrogens is 3. The van der Waals surface area contributed by atoms with Crippen LogP contribution in [0, 0.1) is 6.92 Å². The van der Waals surface area contributed by atoms with Crippen molar-refractivity contribution in [2.24, 2.45) is 0 Å². The Labute approximate surface area is 80.8 Å². The van der Waals surface area contributed by atoms with Gasteiger partial charge in [0.25, 0.3) is 0 Å². The second kappa shape index (κ2) is 3.10. The van der Waals surface area contributed by atoms with Gasteiger partial charge in [0.2, 0.25) is 11.9 Å². The number of rotatable bonds is 1. The molecule has 1 amide bonds.